The summed E-state index contributed by atoms with van der Waals surface area (Å²) >= 11 is 2.06. The van der Waals surface area contributed by atoms with Crippen molar-refractivity contribution in [1.82, 2.24) is 5.32 Å². The summed E-state index contributed by atoms with van der Waals surface area (Å²) < 4.78 is 5.22. The first-order valence-electron chi connectivity index (χ1n) is 3.76. The molecule has 0 amide bonds. The molecule has 1 heterocycles. The third-order valence-corrected chi connectivity index (χ3v) is 3.81. The molecule has 0 aromatic rings. The highest BCUT2D eigenvalue weighted by molar-refractivity contribution is 8.00. The van der Waals surface area contributed by atoms with Gasteiger partial charge < -0.3 is 10.1 Å². The predicted molar refractivity (Wildman–Crippen MR) is 43.2 cm³/mol. The molecule has 1 aliphatic carbocycles. The molecule has 1 spiro atoms. The zero-order chi connectivity index (χ0) is 7.03. The molecule has 2 aliphatic rings. The molecule has 1 saturated heterocycles. The molecular weight excluding hydrogens is 146 g/mol. The van der Waals surface area contributed by atoms with E-state index in [1.807, 2.05) is 0 Å². The van der Waals surface area contributed by atoms with Gasteiger partial charge in [-0.25, -0.2) is 0 Å². The molecule has 0 bridgehead atoms. The minimum absolute atomic E-state index is 0.431. The standard InChI is InChI=1S/C7H13NOS/c1-9-6-4-7(5-6)8-2-3-10-7/h6,8H,2-5H2,1H3. The molecule has 1 saturated carbocycles. The second kappa shape index (κ2) is 2.40. The average molecular weight is 159 g/mol. The summed E-state index contributed by atoms with van der Waals surface area (Å²) in [6.07, 6.45) is 2.93. The highest BCUT2D eigenvalue weighted by Gasteiger charge is 2.46. The number of thioether (sulfide) groups is 1. The van der Waals surface area contributed by atoms with E-state index in [4.69, 9.17) is 4.74 Å². The van der Waals surface area contributed by atoms with E-state index in [2.05, 4.69) is 17.1 Å². The van der Waals surface area contributed by atoms with Crippen LogP contribution >= 0.6 is 11.8 Å². The fraction of sp³-hybridized carbons (Fsp3) is 1.00. The Morgan fingerprint density at radius 3 is 2.90 bits per heavy atom. The van der Waals surface area contributed by atoms with E-state index in [-0.39, 0.29) is 0 Å². The molecule has 0 atom stereocenters. The van der Waals surface area contributed by atoms with Crippen LogP contribution in [0.15, 0.2) is 0 Å². The van der Waals surface area contributed by atoms with Crippen molar-refractivity contribution in [3.8, 4) is 0 Å². The summed E-state index contributed by atoms with van der Waals surface area (Å²) in [5.41, 5.74) is 0. The Bertz CT molecular complexity index is 126. The lowest BCUT2D eigenvalue weighted by molar-refractivity contribution is 0.00844. The Kier molecular flexibility index (Phi) is 1.66. The van der Waals surface area contributed by atoms with Crippen molar-refractivity contribution in [2.24, 2.45) is 0 Å². The number of nitrogens with one attached hydrogen (secondary N) is 1. The van der Waals surface area contributed by atoms with Gasteiger partial charge in [-0.1, -0.05) is 0 Å². The molecule has 1 aliphatic heterocycles. The topological polar surface area (TPSA) is 21.3 Å². The van der Waals surface area contributed by atoms with Gasteiger partial charge in [0.1, 0.15) is 0 Å². The van der Waals surface area contributed by atoms with Gasteiger partial charge in [0.2, 0.25) is 0 Å². The van der Waals surface area contributed by atoms with Crippen LogP contribution < -0.4 is 5.32 Å². The molecule has 0 aromatic heterocycles. The van der Waals surface area contributed by atoms with E-state index in [9.17, 15) is 0 Å². The Labute approximate surface area is 65.7 Å². The number of hydrogen-bond donors (Lipinski definition) is 1. The molecule has 2 rings (SSSR count). The highest BCUT2D eigenvalue weighted by atomic mass is 32.2. The van der Waals surface area contributed by atoms with Crippen molar-refractivity contribution in [2.75, 3.05) is 19.4 Å². The summed E-state index contributed by atoms with van der Waals surface area (Å²) in [7, 11) is 1.80. The first-order chi connectivity index (χ1) is 4.85. The first-order valence-corrected chi connectivity index (χ1v) is 4.75. The molecule has 2 fully saturated rings. The lowest BCUT2D eigenvalue weighted by atomic mass is 9.88. The maximum Gasteiger partial charge on any atom is 0.0695 e. The monoisotopic (exact) mass is 159 g/mol. The van der Waals surface area contributed by atoms with Gasteiger partial charge in [-0.05, 0) is 0 Å². The molecule has 3 heteroatoms. The van der Waals surface area contributed by atoms with Gasteiger partial charge in [0.25, 0.3) is 0 Å². The zero-order valence-corrected chi connectivity index (χ0v) is 7.04. The molecule has 2 nitrogen and oxygen atoms in total. The van der Waals surface area contributed by atoms with Crippen LogP contribution in [-0.4, -0.2) is 30.4 Å². The Balaban J connectivity index is 1.86. The minimum Gasteiger partial charge on any atom is -0.381 e. The largest absolute Gasteiger partial charge is 0.381 e. The van der Waals surface area contributed by atoms with Gasteiger partial charge >= 0.3 is 0 Å². The fourth-order valence-electron chi connectivity index (χ4n) is 1.68. The molecule has 10 heavy (non-hydrogen) atoms. The van der Waals surface area contributed by atoms with Crippen LogP contribution in [0.25, 0.3) is 0 Å². The number of methoxy groups -OCH3 is 1. The Morgan fingerprint density at radius 2 is 2.40 bits per heavy atom. The lowest BCUT2D eigenvalue weighted by Crippen LogP contribution is -2.52. The van der Waals surface area contributed by atoms with Crippen molar-refractivity contribution in [1.29, 1.82) is 0 Å². The summed E-state index contributed by atoms with van der Waals surface area (Å²) in [4.78, 5) is 0.431. The SMILES string of the molecule is COC1CC2(C1)NCCS2. The zero-order valence-electron chi connectivity index (χ0n) is 6.22. The maximum absolute atomic E-state index is 5.22. The summed E-state index contributed by atoms with van der Waals surface area (Å²) in [5, 5.41) is 3.52. The highest BCUT2D eigenvalue weighted by Crippen LogP contribution is 2.45. The van der Waals surface area contributed by atoms with Crippen molar-refractivity contribution in [2.45, 2.75) is 23.8 Å². The quantitative estimate of drug-likeness (QED) is 0.612. The van der Waals surface area contributed by atoms with Gasteiger partial charge in [0, 0.05) is 32.2 Å². The third-order valence-electron chi connectivity index (χ3n) is 2.38. The Morgan fingerprint density at radius 1 is 1.60 bits per heavy atom. The summed E-state index contributed by atoms with van der Waals surface area (Å²) in [6.45, 7) is 1.18. The Hall–Kier alpha value is 0.270. The van der Waals surface area contributed by atoms with Crippen molar-refractivity contribution >= 4 is 11.8 Å². The molecular formula is C7H13NOS. The first kappa shape index (κ1) is 6.95. The van der Waals surface area contributed by atoms with Crippen LogP contribution in [0.3, 0.4) is 0 Å². The molecule has 58 valence electrons. The second-order valence-corrected chi connectivity index (χ2v) is 4.51. The van der Waals surface area contributed by atoms with Crippen LogP contribution in [0.5, 0.6) is 0 Å². The molecule has 1 N–H and O–H groups in total. The van der Waals surface area contributed by atoms with Crippen molar-refractivity contribution in [3.63, 3.8) is 0 Å². The van der Waals surface area contributed by atoms with Crippen molar-refractivity contribution in [3.05, 3.63) is 0 Å². The van der Waals surface area contributed by atoms with E-state index in [0.717, 1.165) is 0 Å². The van der Waals surface area contributed by atoms with E-state index >= 15 is 0 Å². The van der Waals surface area contributed by atoms with E-state index in [1.54, 1.807) is 7.11 Å². The van der Waals surface area contributed by atoms with Gasteiger partial charge in [-0.2, -0.15) is 0 Å². The number of rotatable bonds is 1. The third kappa shape index (κ3) is 0.966. The minimum atomic E-state index is 0.431. The molecule has 0 unspecified atom stereocenters. The van der Waals surface area contributed by atoms with E-state index < -0.39 is 0 Å². The van der Waals surface area contributed by atoms with Crippen LogP contribution in [0.2, 0.25) is 0 Å². The smallest absolute Gasteiger partial charge is 0.0695 e. The predicted octanol–water partition coefficient (Wildman–Crippen LogP) is 0.828. The number of ether oxygens (including phenoxy) is 1. The average Bonchev–Trinajstić information content (AvgIpc) is 2.30. The normalized spacial score (nSPS) is 45.9. The van der Waals surface area contributed by atoms with Crippen LogP contribution in [-0.2, 0) is 4.74 Å². The fourth-order valence-corrected chi connectivity index (χ4v) is 3.09. The summed E-state index contributed by atoms with van der Waals surface area (Å²) in [5.74, 6) is 1.27. The van der Waals surface area contributed by atoms with Gasteiger partial charge in [-0.15, -0.1) is 11.8 Å². The van der Waals surface area contributed by atoms with Gasteiger partial charge in [0.05, 0.1) is 11.0 Å². The van der Waals surface area contributed by atoms with Crippen LogP contribution in [0.4, 0.5) is 0 Å². The van der Waals surface area contributed by atoms with Crippen LogP contribution in [0.1, 0.15) is 12.8 Å². The second-order valence-electron chi connectivity index (χ2n) is 3.04. The van der Waals surface area contributed by atoms with Crippen LogP contribution in [0, 0.1) is 0 Å². The van der Waals surface area contributed by atoms with Gasteiger partial charge in [-0.3, -0.25) is 0 Å². The van der Waals surface area contributed by atoms with Gasteiger partial charge in [0.15, 0.2) is 0 Å². The number of hydrogen-bond acceptors (Lipinski definition) is 3. The molecule has 0 radical (unpaired) electrons. The maximum atomic E-state index is 5.22. The lowest BCUT2D eigenvalue weighted by Gasteiger charge is -2.43. The molecule has 0 aromatic carbocycles. The van der Waals surface area contributed by atoms with E-state index in [0.29, 0.717) is 11.0 Å². The summed E-state index contributed by atoms with van der Waals surface area (Å²) in [6, 6.07) is 0. The van der Waals surface area contributed by atoms with Crippen molar-refractivity contribution < 1.29 is 4.74 Å². The van der Waals surface area contributed by atoms with E-state index in [1.165, 1.54) is 25.1 Å².